The van der Waals surface area contributed by atoms with Gasteiger partial charge in [0.05, 0.1) is 6.42 Å². The lowest BCUT2D eigenvalue weighted by Crippen LogP contribution is -2.29. The molecular weight excluding hydrogens is 273 g/mol. The van der Waals surface area contributed by atoms with E-state index in [1.165, 1.54) is 6.20 Å². The Morgan fingerprint density at radius 1 is 1.30 bits per heavy atom. The molecule has 1 heterocycles. The van der Waals surface area contributed by atoms with Gasteiger partial charge in [-0.1, -0.05) is 30.3 Å². The summed E-state index contributed by atoms with van der Waals surface area (Å²) in [5, 5.41) is 8.67. The van der Waals surface area contributed by atoms with Crippen LogP contribution in [0.4, 0.5) is 13.2 Å². The van der Waals surface area contributed by atoms with Crippen LogP contribution in [0.15, 0.2) is 42.7 Å². The van der Waals surface area contributed by atoms with Crippen LogP contribution >= 0.6 is 0 Å². The first kappa shape index (κ1) is 14.1. The third-order valence-electron chi connectivity index (χ3n) is 2.78. The molecule has 1 atom stereocenters. The van der Waals surface area contributed by atoms with Crippen molar-refractivity contribution < 1.29 is 23.1 Å². The summed E-state index contributed by atoms with van der Waals surface area (Å²) in [7, 11) is 0. The molecule has 0 bridgehead atoms. The summed E-state index contributed by atoms with van der Waals surface area (Å²) in [4.78, 5) is 14.6. The smallest absolute Gasteiger partial charge is 0.409 e. The number of hydrogen-bond acceptors (Lipinski definition) is 2. The van der Waals surface area contributed by atoms with Gasteiger partial charge in [-0.2, -0.15) is 13.2 Å². The van der Waals surface area contributed by atoms with E-state index in [1.54, 1.807) is 30.3 Å². The molecule has 4 nitrogen and oxygen atoms in total. The predicted octanol–water partition coefficient (Wildman–Crippen LogP) is 3.13. The van der Waals surface area contributed by atoms with Crippen LogP contribution in [0.2, 0.25) is 0 Å². The van der Waals surface area contributed by atoms with Crippen molar-refractivity contribution >= 4 is 5.97 Å². The molecule has 0 aliphatic heterocycles. The Bertz CT molecular complexity index is 593. The summed E-state index contributed by atoms with van der Waals surface area (Å²) >= 11 is 0. The Morgan fingerprint density at radius 2 is 1.95 bits per heavy atom. The Morgan fingerprint density at radius 3 is 2.50 bits per heavy atom. The standard InChI is InChI=1S/C13H11F3N2O2/c14-13(15,16)10(8-11(19)20)18-7-6-17-12(18)9-4-2-1-3-5-9/h1-7,10H,8H2,(H,19,20). The lowest BCUT2D eigenvalue weighted by molar-refractivity contribution is -0.176. The van der Waals surface area contributed by atoms with E-state index in [9.17, 15) is 18.0 Å². The van der Waals surface area contributed by atoms with E-state index >= 15 is 0 Å². The fraction of sp³-hybridized carbons (Fsp3) is 0.231. The summed E-state index contributed by atoms with van der Waals surface area (Å²) in [6.45, 7) is 0. The van der Waals surface area contributed by atoms with Gasteiger partial charge in [-0.25, -0.2) is 4.98 Å². The maximum atomic E-state index is 13.0. The largest absolute Gasteiger partial charge is 0.481 e. The summed E-state index contributed by atoms with van der Waals surface area (Å²) in [6.07, 6.45) is -3.34. The number of halogens is 3. The molecule has 1 aromatic carbocycles. The van der Waals surface area contributed by atoms with Crippen molar-refractivity contribution in [3.8, 4) is 11.4 Å². The molecule has 0 aliphatic carbocycles. The number of aromatic nitrogens is 2. The molecule has 2 rings (SSSR count). The third kappa shape index (κ3) is 2.98. The maximum absolute atomic E-state index is 13.0. The number of aliphatic carboxylic acids is 1. The van der Waals surface area contributed by atoms with Crippen LogP contribution in [0.25, 0.3) is 11.4 Å². The molecule has 1 aromatic heterocycles. The second-order valence-electron chi connectivity index (χ2n) is 4.18. The Labute approximate surface area is 112 Å². The van der Waals surface area contributed by atoms with Crippen molar-refractivity contribution in [2.75, 3.05) is 0 Å². The minimum absolute atomic E-state index is 0.0918. The van der Waals surface area contributed by atoms with Gasteiger partial charge >= 0.3 is 12.1 Å². The van der Waals surface area contributed by atoms with Crippen LogP contribution in [0.1, 0.15) is 12.5 Å². The van der Waals surface area contributed by atoms with E-state index in [0.717, 1.165) is 10.8 Å². The van der Waals surface area contributed by atoms with Gasteiger partial charge in [0.2, 0.25) is 0 Å². The minimum atomic E-state index is -4.66. The number of alkyl halides is 3. The highest BCUT2D eigenvalue weighted by Gasteiger charge is 2.43. The monoisotopic (exact) mass is 284 g/mol. The van der Waals surface area contributed by atoms with Gasteiger partial charge in [0, 0.05) is 18.0 Å². The summed E-state index contributed by atoms with van der Waals surface area (Å²) in [5.74, 6) is -1.42. The maximum Gasteiger partial charge on any atom is 0.409 e. The van der Waals surface area contributed by atoms with Crippen molar-refractivity contribution in [3.05, 3.63) is 42.7 Å². The van der Waals surface area contributed by atoms with Crippen molar-refractivity contribution in [1.82, 2.24) is 9.55 Å². The van der Waals surface area contributed by atoms with Gasteiger partial charge < -0.3 is 9.67 Å². The SMILES string of the molecule is O=C(O)CC(n1ccnc1-c1ccccc1)C(F)(F)F. The summed E-state index contributed by atoms with van der Waals surface area (Å²) in [6, 6.07) is 6.18. The second kappa shape index (κ2) is 5.36. The Kier molecular flexibility index (Phi) is 3.78. The average molecular weight is 284 g/mol. The highest BCUT2D eigenvalue weighted by Crippen LogP contribution is 2.35. The Hall–Kier alpha value is -2.31. The van der Waals surface area contributed by atoms with E-state index in [-0.39, 0.29) is 5.82 Å². The highest BCUT2D eigenvalue weighted by molar-refractivity contribution is 5.67. The lowest BCUT2D eigenvalue weighted by Gasteiger charge is -2.22. The number of imidazole rings is 1. The zero-order valence-corrected chi connectivity index (χ0v) is 10.2. The van der Waals surface area contributed by atoms with Crippen LogP contribution in [0.5, 0.6) is 0 Å². The average Bonchev–Trinajstić information content (AvgIpc) is 2.84. The molecule has 0 saturated heterocycles. The molecule has 0 fully saturated rings. The predicted molar refractivity (Wildman–Crippen MR) is 65.0 cm³/mol. The van der Waals surface area contributed by atoms with E-state index in [0.29, 0.717) is 5.56 Å². The number of nitrogens with zero attached hydrogens (tertiary/aromatic N) is 2. The molecule has 1 N–H and O–H groups in total. The van der Waals surface area contributed by atoms with Crippen molar-refractivity contribution in [1.29, 1.82) is 0 Å². The van der Waals surface area contributed by atoms with Crippen molar-refractivity contribution in [2.45, 2.75) is 18.6 Å². The van der Waals surface area contributed by atoms with Crippen LogP contribution in [-0.2, 0) is 4.79 Å². The zero-order chi connectivity index (χ0) is 14.8. The van der Waals surface area contributed by atoms with Crippen molar-refractivity contribution in [3.63, 3.8) is 0 Å². The van der Waals surface area contributed by atoms with Gasteiger partial charge in [0.15, 0.2) is 0 Å². The molecule has 106 valence electrons. The normalized spacial score (nSPS) is 13.2. The van der Waals surface area contributed by atoms with E-state index in [4.69, 9.17) is 5.11 Å². The quantitative estimate of drug-likeness (QED) is 0.938. The molecule has 1 unspecified atom stereocenters. The van der Waals surface area contributed by atoms with Crippen LogP contribution in [0, 0.1) is 0 Å². The number of carboxylic acids is 1. The number of rotatable bonds is 4. The first-order chi connectivity index (χ1) is 9.39. The van der Waals surface area contributed by atoms with Crippen LogP contribution in [0.3, 0.4) is 0 Å². The fourth-order valence-corrected chi connectivity index (χ4v) is 1.91. The molecule has 0 saturated carbocycles. The van der Waals surface area contributed by atoms with Gasteiger partial charge in [0.25, 0.3) is 0 Å². The molecular formula is C13H11F3N2O2. The molecule has 0 amide bonds. The van der Waals surface area contributed by atoms with E-state index in [2.05, 4.69) is 4.98 Å². The lowest BCUT2D eigenvalue weighted by atomic mass is 10.1. The molecule has 7 heteroatoms. The van der Waals surface area contributed by atoms with Crippen molar-refractivity contribution in [2.24, 2.45) is 0 Å². The van der Waals surface area contributed by atoms with Gasteiger partial charge in [0.1, 0.15) is 11.9 Å². The van der Waals surface area contributed by atoms with Gasteiger partial charge in [-0.15, -0.1) is 0 Å². The number of benzene rings is 1. The first-order valence-electron chi connectivity index (χ1n) is 5.76. The highest BCUT2D eigenvalue weighted by atomic mass is 19.4. The van der Waals surface area contributed by atoms with Crippen LogP contribution in [-0.4, -0.2) is 26.8 Å². The fourth-order valence-electron chi connectivity index (χ4n) is 1.91. The molecule has 0 spiro atoms. The zero-order valence-electron chi connectivity index (χ0n) is 10.2. The van der Waals surface area contributed by atoms with E-state index < -0.39 is 24.6 Å². The first-order valence-corrected chi connectivity index (χ1v) is 5.76. The Balaban J connectivity index is 2.46. The number of hydrogen-bond donors (Lipinski definition) is 1. The second-order valence-corrected chi connectivity index (χ2v) is 4.18. The summed E-state index contributed by atoms with van der Waals surface area (Å²) in [5.41, 5.74) is 0.497. The molecule has 0 aliphatic rings. The molecule has 2 aromatic rings. The minimum Gasteiger partial charge on any atom is -0.481 e. The molecule has 0 radical (unpaired) electrons. The van der Waals surface area contributed by atoms with Gasteiger partial charge in [-0.3, -0.25) is 4.79 Å². The van der Waals surface area contributed by atoms with Gasteiger partial charge in [-0.05, 0) is 0 Å². The summed E-state index contributed by atoms with van der Waals surface area (Å²) < 4.78 is 39.9. The third-order valence-corrected chi connectivity index (χ3v) is 2.78. The molecule has 20 heavy (non-hydrogen) atoms. The van der Waals surface area contributed by atoms with Crippen LogP contribution < -0.4 is 0 Å². The van der Waals surface area contributed by atoms with E-state index in [1.807, 2.05) is 0 Å². The topological polar surface area (TPSA) is 55.1 Å². The number of carbonyl (C=O) groups is 1. The number of carboxylic acid groups (broad SMARTS) is 1.